The second kappa shape index (κ2) is 6.07. The number of rotatable bonds is 3. The van der Waals surface area contributed by atoms with Crippen molar-refractivity contribution in [3.63, 3.8) is 0 Å². The van der Waals surface area contributed by atoms with Crippen molar-refractivity contribution in [1.29, 1.82) is 0 Å². The molecule has 1 aromatic carbocycles. The summed E-state index contributed by atoms with van der Waals surface area (Å²) >= 11 is 0. The lowest BCUT2D eigenvalue weighted by molar-refractivity contribution is 0.659. The second-order valence-electron chi connectivity index (χ2n) is 6.31. The molecule has 0 bridgehead atoms. The van der Waals surface area contributed by atoms with Crippen LogP contribution in [0.15, 0.2) is 35.1 Å². The van der Waals surface area contributed by atoms with Crippen molar-refractivity contribution in [1.82, 2.24) is 15.0 Å². The van der Waals surface area contributed by atoms with Crippen LogP contribution in [0.2, 0.25) is 0 Å². The Morgan fingerprint density at radius 1 is 1.17 bits per heavy atom. The molecule has 0 saturated heterocycles. The molecular formula is C19H20N4O. The Morgan fingerprint density at radius 3 is 2.92 bits per heavy atom. The first-order chi connectivity index (χ1) is 11.7. The number of para-hydroxylation sites is 1. The van der Waals surface area contributed by atoms with Gasteiger partial charge in [-0.25, -0.2) is 9.97 Å². The zero-order valence-corrected chi connectivity index (χ0v) is 13.7. The molecule has 3 aromatic rings. The molecule has 0 amide bonds. The van der Waals surface area contributed by atoms with Crippen LogP contribution in [0.3, 0.4) is 0 Å². The van der Waals surface area contributed by atoms with E-state index in [2.05, 4.69) is 20.3 Å². The molecule has 5 nitrogen and oxygen atoms in total. The average molecular weight is 320 g/mol. The molecule has 24 heavy (non-hydrogen) atoms. The molecule has 2 N–H and O–H groups in total. The first-order valence-corrected chi connectivity index (χ1v) is 8.42. The number of benzene rings is 1. The predicted molar refractivity (Wildman–Crippen MR) is 95.3 cm³/mol. The van der Waals surface area contributed by atoms with Crippen LogP contribution >= 0.6 is 0 Å². The number of hydrogen-bond acceptors (Lipinski definition) is 4. The van der Waals surface area contributed by atoms with E-state index in [0.717, 1.165) is 41.0 Å². The number of nitrogens with one attached hydrogen (secondary N) is 2. The number of nitrogens with zero attached hydrogens (tertiary/aromatic N) is 2. The van der Waals surface area contributed by atoms with Crippen LogP contribution in [0.4, 0.5) is 5.82 Å². The quantitative estimate of drug-likeness (QED) is 0.778. The van der Waals surface area contributed by atoms with E-state index in [4.69, 9.17) is 0 Å². The smallest absolute Gasteiger partial charge is 0.248 e. The highest BCUT2D eigenvalue weighted by molar-refractivity contribution is 5.82. The van der Waals surface area contributed by atoms with Crippen molar-refractivity contribution in [2.45, 2.75) is 39.2 Å². The fourth-order valence-electron chi connectivity index (χ4n) is 3.47. The molecule has 2 heterocycles. The maximum atomic E-state index is 11.9. The van der Waals surface area contributed by atoms with Gasteiger partial charge in [0.1, 0.15) is 11.6 Å². The average Bonchev–Trinajstić information content (AvgIpc) is 2.59. The standard InChI is InChI=1S/C19H20N4O/c1-12-21-17-9-5-3-7-15(17)19(22-12)20-11-13-10-18(24)23-16-8-4-2-6-14(13)16/h2,4,6,8,10H,3,5,7,9,11H2,1H3,(H,23,24)(H,20,21,22). The van der Waals surface area contributed by atoms with Crippen molar-refractivity contribution >= 4 is 16.7 Å². The number of pyridine rings is 1. The van der Waals surface area contributed by atoms with E-state index >= 15 is 0 Å². The van der Waals surface area contributed by atoms with Gasteiger partial charge in [0, 0.05) is 34.8 Å². The second-order valence-corrected chi connectivity index (χ2v) is 6.31. The van der Waals surface area contributed by atoms with Gasteiger partial charge in [-0.15, -0.1) is 0 Å². The van der Waals surface area contributed by atoms with E-state index < -0.39 is 0 Å². The highest BCUT2D eigenvalue weighted by Gasteiger charge is 2.16. The summed E-state index contributed by atoms with van der Waals surface area (Å²) in [6, 6.07) is 9.54. The topological polar surface area (TPSA) is 70.7 Å². The third-order valence-electron chi connectivity index (χ3n) is 4.58. The van der Waals surface area contributed by atoms with Crippen LogP contribution in [-0.4, -0.2) is 15.0 Å². The maximum Gasteiger partial charge on any atom is 0.248 e. The minimum absolute atomic E-state index is 0.0774. The number of hydrogen-bond donors (Lipinski definition) is 2. The number of fused-ring (bicyclic) bond motifs is 2. The van der Waals surface area contributed by atoms with E-state index in [1.165, 1.54) is 24.1 Å². The maximum absolute atomic E-state index is 11.9. The Balaban J connectivity index is 1.69. The van der Waals surface area contributed by atoms with E-state index in [9.17, 15) is 4.79 Å². The van der Waals surface area contributed by atoms with Crippen LogP contribution in [0.25, 0.3) is 10.9 Å². The summed E-state index contributed by atoms with van der Waals surface area (Å²) in [6.45, 7) is 2.51. The Kier molecular flexibility index (Phi) is 3.76. The van der Waals surface area contributed by atoms with Gasteiger partial charge in [-0.05, 0) is 44.2 Å². The number of aryl methyl sites for hydroxylation is 2. The third-order valence-corrected chi connectivity index (χ3v) is 4.58. The summed E-state index contributed by atoms with van der Waals surface area (Å²) in [5.74, 6) is 1.72. The molecule has 0 unspecified atom stereocenters. The molecule has 0 atom stereocenters. The van der Waals surface area contributed by atoms with Gasteiger partial charge < -0.3 is 10.3 Å². The van der Waals surface area contributed by atoms with Gasteiger partial charge >= 0.3 is 0 Å². The Hall–Kier alpha value is -2.69. The van der Waals surface area contributed by atoms with Gasteiger partial charge in [0.05, 0.1) is 0 Å². The normalized spacial score (nSPS) is 13.7. The molecule has 0 saturated carbocycles. The summed E-state index contributed by atoms with van der Waals surface area (Å²) in [4.78, 5) is 24.0. The van der Waals surface area contributed by atoms with Crippen molar-refractivity contribution in [2.75, 3.05) is 5.32 Å². The fraction of sp³-hybridized carbons (Fsp3) is 0.316. The minimum Gasteiger partial charge on any atom is -0.366 e. The summed E-state index contributed by atoms with van der Waals surface area (Å²) < 4.78 is 0. The zero-order chi connectivity index (χ0) is 16.5. The predicted octanol–water partition coefficient (Wildman–Crippen LogP) is 3.12. The van der Waals surface area contributed by atoms with Crippen molar-refractivity contribution in [2.24, 2.45) is 0 Å². The van der Waals surface area contributed by atoms with E-state index in [0.29, 0.717) is 6.54 Å². The molecule has 5 heteroatoms. The van der Waals surface area contributed by atoms with E-state index in [-0.39, 0.29) is 5.56 Å². The Morgan fingerprint density at radius 2 is 2.00 bits per heavy atom. The molecular weight excluding hydrogens is 300 g/mol. The SMILES string of the molecule is Cc1nc2c(c(NCc3cc(=O)[nH]c4ccccc34)n1)CCCC2. The largest absolute Gasteiger partial charge is 0.366 e. The first-order valence-electron chi connectivity index (χ1n) is 8.42. The summed E-state index contributed by atoms with van der Waals surface area (Å²) in [6.07, 6.45) is 4.43. The van der Waals surface area contributed by atoms with Crippen molar-refractivity contribution < 1.29 is 0 Å². The summed E-state index contributed by atoms with van der Waals surface area (Å²) in [7, 11) is 0. The molecule has 0 spiro atoms. The van der Waals surface area contributed by atoms with E-state index in [1.807, 2.05) is 31.2 Å². The fourth-order valence-corrected chi connectivity index (χ4v) is 3.47. The first kappa shape index (κ1) is 14.9. The number of aromatic amines is 1. The molecule has 0 radical (unpaired) electrons. The molecule has 0 aliphatic heterocycles. The van der Waals surface area contributed by atoms with E-state index in [1.54, 1.807) is 6.07 Å². The van der Waals surface area contributed by atoms with Gasteiger partial charge in [0.15, 0.2) is 0 Å². The van der Waals surface area contributed by atoms with Crippen molar-refractivity contribution in [3.05, 3.63) is 63.3 Å². The van der Waals surface area contributed by atoms with Crippen LogP contribution in [0, 0.1) is 6.92 Å². The highest BCUT2D eigenvalue weighted by Crippen LogP contribution is 2.26. The number of anilines is 1. The van der Waals surface area contributed by atoms with Crippen LogP contribution in [0.1, 0.15) is 35.5 Å². The lowest BCUT2D eigenvalue weighted by Gasteiger charge is -2.19. The number of H-pyrrole nitrogens is 1. The molecule has 122 valence electrons. The van der Waals surface area contributed by atoms with Gasteiger partial charge in [-0.1, -0.05) is 18.2 Å². The zero-order valence-electron chi connectivity index (χ0n) is 13.7. The lowest BCUT2D eigenvalue weighted by Crippen LogP contribution is -2.15. The van der Waals surface area contributed by atoms with Crippen molar-refractivity contribution in [3.8, 4) is 0 Å². The third kappa shape index (κ3) is 2.77. The monoisotopic (exact) mass is 320 g/mol. The lowest BCUT2D eigenvalue weighted by atomic mass is 9.96. The van der Waals surface area contributed by atoms with Gasteiger partial charge in [0.2, 0.25) is 5.56 Å². The molecule has 1 aliphatic rings. The number of aromatic nitrogens is 3. The molecule has 0 fully saturated rings. The van der Waals surface area contributed by atoms with Gasteiger partial charge in [0.25, 0.3) is 0 Å². The van der Waals surface area contributed by atoms with Crippen LogP contribution < -0.4 is 10.9 Å². The Labute approximate surface area is 140 Å². The summed E-state index contributed by atoms with van der Waals surface area (Å²) in [5, 5.41) is 4.50. The highest BCUT2D eigenvalue weighted by atomic mass is 16.1. The van der Waals surface area contributed by atoms with Crippen LogP contribution in [0.5, 0.6) is 0 Å². The summed E-state index contributed by atoms with van der Waals surface area (Å²) in [5.41, 5.74) is 4.18. The van der Waals surface area contributed by atoms with Gasteiger partial charge in [-0.2, -0.15) is 0 Å². The van der Waals surface area contributed by atoms with Crippen LogP contribution in [-0.2, 0) is 19.4 Å². The molecule has 1 aliphatic carbocycles. The van der Waals surface area contributed by atoms with Gasteiger partial charge in [-0.3, -0.25) is 4.79 Å². The molecule has 4 rings (SSSR count). The molecule has 2 aromatic heterocycles. The minimum atomic E-state index is -0.0774. The Bertz CT molecular complexity index is 961.